The van der Waals surface area contributed by atoms with Gasteiger partial charge < -0.3 is 10.4 Å². The minimum Gasteiger partial charge on any atom is -0.481 e. The molecule has 0 aliphatic carbocycles. The molecular weight excluding hydrogens is 250 g/mol. The number of carboxylic acids is 1. The van der Waals surface area contributed by atoms with Crippen LogP contribution in [0.15, 0.2) is 17.5 Å². The molecule has 0 spiro atoms. The van der Waals surface area contributed by atoms with Gasteiger partial charge in [0.15, 0.2) is 0 Å². The molecule has 0 saturated heterocycles. The molecule has 100 valence electrons. The zero-order valence-electron chi connectivity index (χ0n) is 10.4. The summed E-state index contributed by atoms with van der Waals surface area (Å²) in [4.78, 5) is 22.6. The second-order valence-electron chi connectivity index (χ2n) is 4.14. The van der Waals surface area contributed by atoms with Crippen LogP contribution in [-0.4, -0.2) is 23.5 Å². The van der Waals surface area contributed by atoms with Crippen LogP contribution in [0, 0.1) is 0 Å². The third-order valence-electron chi connectivity index (χ3n) is 2.60. The van der Waals surface area contributed by atoms with Gasteiger partial charge in [-0.15, -0.1) is 11.3 Å². The molecule has 0 aromatic carbocycles. The molecule has 2 N–H and O–H groups in total. The lowest BCUT2D eigenvalue weighted by atomic mass is 10.1. The summed E-state index contributed by atoms with van der Waals surface area (Å²) >= 11 is 1.44. The predicted octanol–water partition coefficient (Wildman–Crippen LogP) is 2.90. The molecule has 0 fully saturated rings. The molecule has 1 heterocycles. The van der Waals surface area contributed by atoms with Gasteiger partial charge in [0.25, 0.3) is 5.91 Å². The van der Waals surface area contributed by atoms with Crippen LogP contribution in [0.2, 0.25) is 0 Å². The number of carbonyl (C=O) groups excluding carboxylic acids is 1. The molecule has 0 bridgehead atoms. The minimum atomic E-state index is -0.724. The van der Waals surface area contributed by atoms with E-state index in [0.717, 1.165) is 37.0 Å². The second kappa shape index (κ2) is 8.69. The van der Waals surface area contributed by atoms with Crippen molar-refractivity contribution in [2.45, 2.75) is 38.5 Å². The van der Waals surface area contributed by atoms with Gasteiger partial charge in [0, 0.05) is 13.0 Å². The Labute approximate surface area is 111 Å². The van der Waals surface area contributed by atoms with E-state index in [0.29, 0.717) is 6.54 Å². The Balaban J connectivity index is 1.93. The highest BCUT2D eigenvalue weighted by Gasteiger charge is 2.04. The summed E-state index contributed by atoms with van der Waals surface area (Å²) in [6.45, 7) is 0.690. The van der Waals surface area contributed by atoms with Gasteiger partial charge in [0.1, 0.15) is 0 Å². The van der Waals surface area contributed by atoms with E-state index in [9.17, 15) is 9.59 Å². The molecule has 1 aromatic heterocycles. The van der Waals surface area contributed by atoms with Crippen LogP contribution in [-0.2, 0) is 4.79 Å². The highest BCUT2D eigenvalue weighted by Crippen LogP contribution is 2.08. The number of carboxylic acid groups (broad SMARTS) is 1. The fraction of sp³-hybridized carbons (Fsp3) is 0.538. The lowest BCUT2D eigenvalue weighted by molar-refractivity contribution is -0.137. The Morgan fingerprint density at radius 1 is 1.17 bits per heavy atom. The number of hydrogen-bond acceptors (Lipinski definition) is 3. The van der Waals surface area contributed by atoms with Crippen molar-refractivity contribution < 1.29 is 14.7 Å². The monoisotopic (exact) mass is 269 g/mol. The molecular formula is C13H19NO3S. The summed E-state index contributed by atoms with van der Waals surface area (Å²) in [5.74, 6) is -0.728. The lowest BCUT2D eigenvalue weighted by Gasteiger charge is -2.03. The summed E-state index contributed by atoms with van der Waals surface area (Å²) in [6.07, 6.45) is 4.97. The van der Waals surface area contributed by atoms with E-state index < -0.39 is 5.97 Å². The first-order chi connectivity index (χ1) is 8.70. The number of aliphatic carboxylic acids is 1. The highest BCUT2D eigenvalue weighted by molar-refractivity contribution is 7.12. The fourth-order valence-electron chi connectivity index (χ4n) is 1.63. The Morgan fingerprint density at radius 2 is 1.89 bits per heavy atom. The van der Waals surface area contributed by atoms with Crippen molar-refractivity contribution in [1.82, 2.24) is 5.32 Å². The predicted molar refractivity (Wildman–Crippen MR) is 72.0 cm³/mol. The molecule has 0 aliphatic rings. The van der Waals surface area contributed by atoms with E-state index in [2.05, 4.69) is 5.32 Å². The summed E-state index contributed by atoms with van der Waals surface area (Å²) in [5.41, 5.74) is 0. The Morgan fingerprint density at radius 3 is 2.56 bits per heavy atom. The Bertz CT molecular complexity index is 362. The first kappa shape index (κ1) is 14.7. The summed E-state index contributed by atoms with van der Waals surface area (Å²) in [7, 11) is 0. The zero-order valence-corrected chi connectivity index (χ0v) is 11.2. The van der Waals surface area contributed by atoms with Gasteiger partial charge in [0.05, 0.1) is 4.88 Å². The van der Waals surface area contributed by atoms with E-state index in [1.54, 1.807) is 0 Å². The number of amides is 1. The van der Waals surface area contributed by atoms with E-state index in [1.165, 1.54) is 11.3 Å². The summed E-state index contributed by atoms with van der Waals surface area (Å²) < 4.78 is 0. The number of unbranched alkanes of at least 4 members (excludes halogenated alkanes) is 4. The van der Waals surface area contributed by atoms with Crippen LogP contribution < -0.4 is 5.32 Å². The quantitative estimate of drug-likeness (QED) is 0.677. The van der Waals surface area contributed by atoms with Crippen molar-refractivity contribution in [1.29, 1.82) is 0 Å². The van der Waals surface area contributed by atoms with Crippen molar-refractivity contribution in [2.24, 2.45) is 0 Å². The van der Waals surface area contributed by atoms with Crippen molar-refractivity contribution in [3.05, 3.63) is 22.4 Å². The van der Waals surface area contributed by atoms with Gasteiger partial charge in [-0.2, -0.15) is 0 Å². The van der Waals surface area contributed by atoms with E-state index in [4.69, 9.17) is 5.11 Å². The van der Waals surface area contributed by atoms with Crippen molar-refractivity contribution in [3.8, 4) is 0 Å². The van der Waals surface area contributed by atoms with Crippen LogP contribution in [0.25, 0.3) is 0 Å². The number of rotatable bonds is 9. The molecule has 18 heavy (non-hydrogen) atoms. The smallest absolute Gasteiger partial charge is 0.303 e. The molecule has 1 rings (SSSR count). The number of nitrogens with one attached hydrogen (secondary N) is 1. The minimum absolute atomic E-state index is 0.00382. The zero-order chi connectivity index (χ0) is 13.2. The molecule has 4 nitrogen and oxygen atoms in total. The van der Waals surface area contributed by atoms with Crippen LogP contribution in [0.1, 0.15) is 48.2 Å². The standard InChI is InChI=1S/C13H19NO3S/c15-12(16)8-4-2-1-3-5-9-14-13(17)11-7-6-10-18-11/h6-7,10H,1-5,8-9H2,(H,14,17)(H,15,16). The molecule has 5 heteroatoms. The average Bonchev–Trinajstić information content (AvgIpc) is 2.85. The molecule has 0 saturated carbocycles. The number of thiophene rings is 1. The molecule has 0 unspecified atom stereocenters. The van der Waals surface area contributed by atoms with Crippen LogP contribution in [0.4, 0.5) is 0 Å². The maximum absolute atomic E-state index is 11.5. The summed E-state index contributed by atoms with van der Waals surface area (Å²) in [5, 5.41) is 13.2. The topological polar surface area (TPSA) is 66.4 Å². The van der Waals surface area contributed by atoms with E-state index in [1.807, 2.05) is 17.5 Å². The third-order valence-corrected chi connectivity index (χ3v) is 3.47. The van der Waals surface area contributed by atoms with Crippen LogP contribution in [0.5, 0.6) is 0 Å². The maximum Gasteiger partial charge on any atom is 0.303 e. The van der Waals surface area contributed by atoms with E-state index in [-0.39, 0.29) is 12.3 Å². The molecule has 0 radical (unpaired) electrons. The Hall–Kier alpha value is -1.36. The van der Waals surface area contributed by atoms with Crippen molar-refractivity contribution in [2.75, 3.05) is 6.54 Å². The maximum atomic E-state index is 11.5. The van der Waals surface area contributed by atoms with Crippen molar-refractivity contribution >= 4 is 23.2 Å². The van der Waals surface area contributed by atoms with E-state index >= 15 is 0 Å². The summed E-state index contributed by atoms with van der Waals surface area (Å²) in [6, 6.07) is 3.67. The SMILES string of the molecule is O=C(O)CCCCCCCNC(=O)c1cccs1. The number of hydrogen-bond donors (Lipinski definition) is 2. The highest BCUT2D eigenvalue weighted by atomic mass is 32.1. The first-order valence-electron chi connectivity index (χ1n) is 6.23. The van der Waals surface area contributed by atoms with Gasteiger partial charge in [-0.25, -0.2) is 0 Å². The first-order valence-corrected chi connectivity index (χ1v) is 7.11. The fourth-order valence-corrected chi connectivity index (χ4v) is 2.27. The Kier molecular flexibility index (Phi) is 7.10. The van der Waals surface area contributed by atoms with Gasteiger partial charge in [-0.3, -0.25) is 9.59 Å². The lowest BCUT2D eigenvalue weighted by Crippen LogP contribution is -2.23. The normalized spacial score (nSPS) is 10.2. The van der Waals surface area contributed by atoms with Gasteiger partial charge in [0.2, 0.25) is 0 Å². The molecule has 1 aromatic rings. The van der Waals surface area contributed by atoms with Crippen LogP contribution >= 0.6 is 11.3 Å². The molecule has 0 atom stereocenters. The third kappa shape index (κ3) is 6.39. The van der Waals surface area contributed by atoms with Gasteiger partial charge in [-0.05, 0) is 24.3 Å². The second-order valence-corrected chi connectivity index (χ2v) is 5.09. The largest absolute Gasteiger partial charge is 0.481 e. The average molecular weight is 269 g/mol. The van der Waals surface area contributed by atoms with Gasteiger partial charge >= 0.3 is 5.97 Å². The number of carbonyl (C=O) groups is 2. The van der Waals surface area contributed by atoms with Gasteiger partial charge in [-0.1, -0.05) is 25.3 Å². The van der Waals surface area contributed by atoms with Crippen LogP contribution in [0.3, 0.4) is 0 Å². The molecule has 0 aliphatic heterocycles. The van der Waals surface area contributed by atoms with Crippen molar-refractivity contribution in [3.63, 3.8) is 0 Å². The molecule has 1 amide bonds.